The average Bonchev–Trinajstić information content (AvgIpc) is 2.88. The second-order valence-electron chi connectivity index (χ2n) is 8.75. The SMILES string of the molecule is C[C@H](NC(=O)O)[C@@H](Nc1nc(Nc2cnc(N3CCOCC3)c(F)c2)c(C(N)=O)cc1F)c1cccc(F)c1. The van der Waals surface area contributed by atoms with Crippen LogP contribution < -0.4 is 26.6 Å². The van der Waals surface area contributed by atoms with Crippen LogP contribution in [-0.2, 0) is 4.74 Å². The number of hydrogen-bond donors (Lipinski definition) is 5. The summed E-state index contributed by atoms with van der Waals surface area (Å²) in [5.41, 5.74) is 5.51. The number of halogens is 3. The molecule has 1 aromatic carbocycles. The molecule has 0 saturated carbocycles. The highest BCUT2D eigenvalue weighted by Crippen LogP contribution is 2.29. The van der Waals surface area contributed by atoms with Crippen LogP contribution in [0.2, 0.25) is 0 Å². The smallest absolute Gasteiger partial charge is 0.404 e. The fourth-order valence-electron chi connectivity index (χ4n) is 4.14. The van der Waals surface area contributed by atoms with Crippen molar-refractivity contribution in [3.63, 3.8) is 0 Å². The number of aromatic nitrogens is 2. The van der Waals surface area contributed by atoms with Crippen LogP contribution in [0.15, 0.2) is 42.6 Å². The molecule has 11 nitrogen and oxygen atoms in total. The molecule has 14 heteroatoms. The number of primary amides is 1. The van der Waals surface area contributed by atoms with E-state index in [0.29, 0.717) is 31.9 Å². The van der Waals surface area contributed by atoms with Crippen LogP contribution in [0.25, 0.3) is 0 Å². The summed E-state index contributed by atoms with van der Waals surface area (Å²) in [6, 6.07) is 5.45. The highest BCUT2D eigenvalue weighted by Gasteiger charge is 2.25. The fraction of sp³-hybridized carbons (Fsp3) is 0.280. The zero-order valence-electron chi connectivity index (χ0n) is 20.7. The molecule has 2 atom stereocenters. The molecule has 1 saturated heterocycles. The summed E-state index contributed by atoms with van der Waals surface area (Å²) in [5, 5.41) is 16.9. The molecular formula is C25H26F3N7O4. The highest BCUT2D eigenvalue weighted by molar-refractivity contribution is 5.98. The summed E-state index contributed by atoms with van der Waals surface area (Å²) in [4.78, 5) is 33.3. The van der Waals surface area contributed by atoms with Crippen molar-refractivity contribution in [3.05, 3.63) is 71.2 Å². The molecule has 3 heterocycles. The molecule has 1 fully saturated rings. The van der Waals surface area contributed by atoms with Gasteiger partial charge >= 0.3 is 6.09 Å². The number of anilines is 4. The molecular weight excluding hydrogens is 519 g/mol. The average molecular weight is 546 g/mol. The van der Waals surface area contributed by atoms with Gasteiger partial charge in [-0.3, -0.25) is 4.79 Å². The minimum atomic E-state index is -1.35. The van der Waals surface area contributed by atoms with Gasteiger partial charge in [0.15, 0.2) is 23.3 Å². The third kappa shape index (κ3) is 6.65. The van der Waals surface area contributed by atoms with Crippen molar-refractivity contribution in [2.24, 2.45) is 5.73 Å². The molecule has 6 N–H and O–H groups in total. The molecule has 3 aromatic rings. The number of nitrogens with zero attached hydrogens (tertiary/aromatic N) is 3. The van der Waals surface area contributed by atoms with E-state index in [9.17, 15) is 23.5 Å². The number of carbonyl (C=O) groups is 2. The molecule has 1 aliphatic heterocycles. The lowest BCUT2D eigenvalue weighted by atomic mass is 10.00. The predicted octanol–water partition coefficient (Wildman–Crippen LogP) is 3.38. The van der Waals surface area contributed by atoms with E-state index >= 15 is 4.39 Å². The minimum Gasteiger partial charge on any atom is -0.465 e. The highest BCUT2D eigenvalue weighted by atomic mass is 19.1. The third-order valence-corrected chi connectivity index (χ3v) is 5.99. The third-order valence-electron chi connectivity index (χ3n) is 5.99. The first kappa shape index (κ1) is 27.4. The van der Waals surface area contributed by atoms with E-state index in [4.69, 9.17) is 10.5 Å². The molecule has 0 aliphatic carbocycles. The van der Waals surface area contributed by atoms with Crippen LogP contribution >= 0.6 is 0 Å². The number of nitrogens with one attached hydrogen (secondary N) is 3. The Kier molecular flexibility index (Phi) is 8.34. The summed E-state index contributed by atoms with van der Waals surface area (Å²) in [6.45, 7) is 3.32. The largest absolute Gasteiger partial charge is 0.465 e. The van der Waals surface area contributed by atoms with Crippen molar-refractivity contribution in [3.8, 4) is 0 Å². The number of hydrogen-bond acceptors (Lipinski definition) is 8. The number of carboxylic acid groups (broad SMARTS) is 1. The van der Waals surface area contributed by atoms with E-state index in [1.165, 1.54) is 31.3 Å². The molecule has 0 unspecified atom stereocenters. The summed E-state index contributed by atoms with van der Waals surface area (Å²) in [5.74, 6) is -3.68. The second kappa shape index (κ2) is 11.9. The van der Waals surface area contributed by atoms with Gasteiger partial charge in [0.2, 0.25) is 0 Å². The summed E-state index contributed by atoms with van der Waals surface area (Å²) >= 11 is 0. The molecule has 4 rings (SSSR count). The summed E-state index contributed by atoms with van der Waals surface area (Å²) < 4.78 is 49.2. The van der Waals surface area contributed by atoms with Gasteiger partial charge in [-0.2, -0.15) is 0 Å². The van der Waals surface area contributed by atoms with Crippen LogP contribution in [0.4, 0.5) is 41.1 Å². The van der Waals surface area contributed by atoms with E-state index in [0.717, 1.165) is 18.2 Å². The Labute approximate surface area is 221 Å². The molecule has 0 radical (unpaired) electrons. The molecule has 39 heavy (non-hydrogen) atoms. The topological polar surface area (TPSA) is 155 Å². The number of ether oxygens (including phenoxy) is 1. The van der Waals surface area contributed by atoms with E-state index in [1.54, 1.807) is 4.90 Å². The maximum atomic E-state index is 15.1. The number of pyridine rings is 2. The summed E-state index contributed by atoms with van der Waals surface area (Å²) in [6.07, 6.45) is -0.0221. The Morgan fingerprint density at radius 1 is 1.10 bits per heavy atom. The Morgan fingerprint density at radius 2 is 1.85 bits per heavy atom. The molecule has 2 aromatic heterocycles. The van der Waals surface area contributed by atoms with Crippen LogP contribution in [-0.4, -0.2) is 59.4 Å². The maximum Gasteiger partial charge on any atom is 0.404 e. The molecule has 206 valence electrons. The predicted molar refractivity (Wildman–Crippen MR) is 137 cm³/mol. The first-order chi connectivity index (χ1) is 18.6. The minimum absolute atomic E-state index is 0.111. The Bertz CT molecular complexity index is 1370. The Hall–Kier alpha value is -4.59. The standard InChI is InChI=1S/C25H26F3N7O4/c1-13(31-25(37)38)20(14-3-2-4-15(26)9-14)33-23-18(27)11-17(21(29)36)22(34-23)32-16-10-19(28)24(30-12-16)35-5-7-39-8-6-35/h2-4,9-13,20,31H,5-8H2,1H3,(H2,29,36)(H,37,38)(H2,32,33,34)/t13-,20+/m0/s1. The van der Waals surface area contributed by atoms with Gasteiger partial charge in [0.05, 0.1) is 42.7 Å². The van der Waals surface area contributed by atoms with Crippen molar-refractivity contribution in [2.75, 3.05) is 41.8 Å². The number of amides is 2. The van der Waals surface area contributed by atoms with E-state index in [1.807, 2.05) is 0 Å². The van der Waals surface area contributed by atoms with Crippen LogP contribution in [0.5, 0.6) is 0 Å². The first-order valence-electron chi connectivity index (χ1n) is 11.9. The monoisotopic (exact) mass is 545 g/mol. The van der Waals surface area contributed by atoms with Crippen LogP contribution in [0.3, 0.4) is 0 Å². The van der Waals surface area contributed by atoms with Gasteiger partial charge < -0.3 is 36.4 Å². The van der Waals surface area contributed by atoms with Gasteiger partial charge in [-0.25, -0.2) is 27.9 Å². The van der Waals surface area contributed by atoms with Crippen molar-refractivity contribution in [1.82, 2.24) is 15.3 Å². The number of carbonyl (C=O) groups excluding carboxylic acids is 1. The number of nitrogens with two attached hydrogens (primary N) is 1. The Balaban J connectivity index is 1.66. The van der Waals surface area contributed by atoms with Crippen molar-refractivity contribution < 1.29 is 32.6 Å². The fourth-order valence-corrected chi connectivity index (χ4v) is 4.14. The lowest BCUT2D eigenvalue weighted by Crippen LogP contribution is -2.39. The van der Waals surface area contributed by atoms with Gasteiger partial charge in [-0.05, 0) is 30.7 Å². The molecule has 1 aliphatic rings. The molecule has 0 bridgehead atoms. The quantitative estimate of drug-likeness (QED) is 0.272. The second-order valence-corrected chi connectivity index (χ2v) is 8.75. The zero-order chi connectivity index (χ0) is 28.1. The zero-order valence-corrected chi connectivity index (χ0v) is 20.7. The van der Waals surface area contributed by atoms with Crippen molar-refractivity contribution in [2.45, 2.75) is 19.0 Å². The molecule has 0 spiro atoms. The maximum absolute atomic E-state index is 15.1. The van der Waals surface area contributed by atoms with E-state index in [2.05, 4.69) is 25.9 Å². The Morgan fingerprint density at radius 3 is 2.49 bits per heavy atom. The number of morpholine rings is 1. The van der Waals surface area contributed by atoms with Crippen LogP contribution in [0.1, 0.15) is 28.9 Å². The summed E-state index contributed by atoms with van der Waals surface area (Å²) in [7, 11) is 0. The first-order valence-corrected chi connectivity index (χ1v) is 11.9. The van der Waals surface area contributed by atoms with Gasteiger partial charge in [-0.1, -0.05) is 12.1 Å². The van der Waals surface area contributed by atoms with Crippen molar-refractivity contribution >= 4 is 35.1 Å². The molecule has 2 amide bonds. The lowest BCUT2D eigenvalue weighted by Gasteiger charge is -2.28. The van der Waals surface area contributed by atoms with Gasteiger partial charge in [0, 0.05) is 19.2 Å². The normalized spacial score (nSPS) is 14.8. The van der Waals surface area contributed by atoms with E-state index < -0.39 is 47.4 Å². The number of benzene rings is 1. The van der Waals surface area contributed by atoms with Gasteiger partial charge in [-0.15, -0.1) is 0 Å². The van der Waals surface area contributed by atoms with Crippen molar-refractivity contribution in [1.29, 1.82) is 0 Å². The lowest BCUT2D eigenvalue weighted by molar-refractivity contribution is 0.1000. The van der Waals surface area contributed by atoms with Crippen LogP contribution in [0, 0.1) is 17.5 Å². The number of rotatable bonds is 9. The van der Waals surface area contributed by atoms with Gasteiger partial charge in [0.25, 0.3) is 5.91 Å². The van der Waals surface area contributed by atoms with E-state index in [-0.39, 0.29) is 22.9 Å². The van der Waals surface area contributed by atoms with Gasteiger partial charge in [0.1, 0.15) is 11.6 Å².